The van der Waals surface area contributed by atoms with Crippen molar-refractivity contribution in [3.05, 3.63) is 58.7 Å². The van der Waals surface area contributed by atoms with Crippen LogP contribution in [0.2, 0.25) is 0 Å². The van der Waals surface area contributed by atoms with Gasteiger partial charge in [-0.1, -0.05) is 26.0 Å². The van der Waals surface area contributed by atoms with Crippen molar-refractivity contribution in [2.75, 3.05) is 0 Å². The van der Waals surface area contributed by atoms with E-state index in [1.165, 1.54) is 24.3 Å². The lowest BCUT2D eigenvalue weighted by Crippen LogP contribution is -1.95. The maximum Gasteiger partial charge on any atom is 0.173 e. The predicted molar refractivity (Wildman–Crippen MR) is 83.2 cm³/mol. The molecular formula is C16H14F4S2. The Labute approximate surface area is 134 Å². The van der Waals surface area contributed by atoms with E-state index in [0.717, 1.165) is 21.6 Å². The van der Waals surface area contributed by atoms with Gasteiger partial charge in [0.1, 0.15) is 0 Å². The van der Waals surface area contributed by atoms with Gasteiger partial charge in [-0.3, -0.25) is 0 Å². The number of rotatable bonds is 5. The summed E-state index contributed by atoms with van der Waals surface area (Å²) in [4.78, 5) is 0.109. The molecule has 118 valence electrons. The molecule has 0 nitrogen and oxygen atoms in total. The van der Waals surface area contributed by atoms with Gasteiger partial charge in [0.05, 0.1) is 9.79 Å². The largest absolute Gasteiger partial charge is 0.203 e. The zero-order valence-electron chi connectivity index (χ0n) is 12.1. The van der Waals surface area contributed by atoms with Gasteiger partial charge in [-0.2, -0.15) is 0 Å². The zero-order chi connectivity index (χ0) is 16.3. The topological polar surface area (TPSA) is 0 Å². The van der Waals surface area contributed by atoms with Gasteiger partial charge in [0, 0.05) is 0 Å². The van der Waals surface area contributed by atoms with E-state index in [4.69, 9.17) is 0 Å². The van der Waals surface area contributed by atoms with Crippen molar-refractivity contribution >= 4 is 21.6 Å². The summed E-state index contributed by atoms with van der Waals surface area (Å²) in [6, 6.07) is 5.89. The fourth-order valence-corrected chi connectivity index (χ4v) is 3.97. The van der Waals surface area contributed by atoms with Gasteiger partial charge in [0.2, 0.25) is 0 Å². The molecule has 0 aliphatic heterocycles. The normalized spacial score (nSPS) is 11.0. The summed E-state index contributed by atoms with van der Waals surface area (Å²) in [5, 5.41) is 0. The summed E-state index contributed by atoms with van der Waals surface area (Å²) in [5.74, 6) is -3.69. The average molecular weight is 346 g/mol. The van der Waals surface area contributed by atoms with Gasteiger partial charge in [-0.25, -0.2) is 17.6 Å². The molecule has 0 unspecified atom stereocenters. The van der Waals surface area contributed by atoms with Gasteiger partial charge in [0.15, 0.2) is 23.3 Å². The highest BCUT2D eigenvalue weighted by molar-refractivity contribution is 8.76. The van der Waals surface area contributed by atoms with Crippen LogP contribution in [0.1, 0.15) is 25.0 Å². The van der Waals surface area contributed by atoms with Crippen LogP contribution in [-0.2, 0) is 12.8 Å². The zero-order valence-corrected chi connectivity index (χ0v) is 13.7. The van der Waals surface area contributed by atoms with Crippen LogP contribution in [0.15, 0.2) is 34.1 Å². The summed E-state index contributed by atoms with van der Waals surface area (Å²) in [6.07, 6.45) is 0.776. The first-order valence-corrected chi connectivity index (χ1v) is 8.92. The minimum Gasteiger partial charge on any atom is -0.203 e. The Morgan fingerprint density at radius 2 is 1.00 bits per heavy atom. The third-order valence-electron chi connectivity index (χ3n) is 3.24. The lowest BCUT2D eigenvalue weighted by molar-refractivity contribution is 0.483. The molecule has 2 aromatic rings. The molecule has 0 saturated heterocycles. The predicted octanol–water partition coefficient (Wildman–Crippen LogP) is 6.17. The van der Waals surface area contributed by atoms with E-state index in [1.807, 2.05) is 0 Å². The Balaban J connectivity index is 2.21. The van der Waals surface area contributed by atoms with E-state index in [9.17, 15) is 17.6 Å². The second-order valence-corrected chi connectivity index (χ2v) is 6.79. The van der Waals surface area contributed by atoms with Crippen molar-refractivity contribution in [2.45, 2.75) is 36.5 Å². The molecule has 0 fully saturated rings. The molecule has 0 saturated carbocycles. The fourth-order valence-electron chi connectivity index (χ4n) is 1.91. The summed E-state index contributed by atoms with van der Waals surface area (Å²) >= 11 is 0. The molecule has 0 atom stereocenters. The second-order valence-electron chi connectivity index (χ2n) is 4.58. The SMILES string of the molecule is CCc1ccc(SSc2ccc(CC)c(F)c2F)c(F)c1F. The van der Waals surface area contributed by atoms with Gasteiger partial charge >= 0.3 is 0 Å². The summed E-state index contributed by atoms with van der Waals surface area (Å²) in [7, 11) is 1.73. The first kappa shape index (κ1) is 17.2. The molecule has 2 rings (SSSR count). The monoisotopic (exact) mass is 346 g/mol. The molecule has 0 amide bonds. The highest BCUT2D eigenvalue weighted by Crippen LogP contribution is 2.41. The van der Waals surface area contributed by atoms with Crippen molar-refractivity contribution in [3.8, 4) is 0 Å². The lowest BCUT2D eigenvalue weighted by atomic mass is 10.1. The molecule has 0 aliphatic rings. The molecule has 0 spiro atoms. The highest BCUT2D eigenvalue weighted by Gasteiger charge is 2.16. The summed E-state index contributed by atoms with van der Waals surface area (Å²) < 4.78 is 55.1. The van der Waals surface area contributed by atoms with Gasteiger partial charge in [-0.05, 0) is 57.7 Å². The van der Waals surface area contributed by atoms with Crippen molar-refractivity contribution in [3.63, 3.8) is 0 Å². The number of benzene rings is 2. The van der Waals surface area contributed by atoms with E-state index in [0.29, 0.717) is 12.8 Å². The third kappa shape index (κ3) is 3.43. The van der Waals surface area contributed by atoms with Crippen LogP contribution in [0.5, 0.6) is 0 Å². The first-order valence-electron chi connectivity index (χ1n) is 6.77. The molecule has 0 heterocycles. The number of aryl methyl sites for hydroxylation is 2. The van der Waals surface area contributed by atoms with Crippen molar-refractivity contribution in [1.29, 1.82) is 0 Å². The smallest absolute Gasteiger partial charge is 0.173 e. The van der Waals surface area contributed by atoms with Gasteiger partial charge in [-0.15, -0.1) is 0 Å². The maximum atomic E-state index is 13.9. The maximum absolute atomic E-state index is 13.9. The van der Waals surface area contributed by atoms with Gasteiger partial charge in [0.25, 0.3) is 0 Å². The van der Waals surface area contributed by atoms with Crippen LogP contribution >= 0.6 is 21.6 Å². The van der Waals surface area contributed by atoms with Crippen molar-refractivity contribution in [2.24, 2.45) is 0 Å². The Hall–Kier alpha value is -1.14. The van der Waals surface area contributed by atoms with Crippen LogP contribution in [0.25, 0.3) is 0 Å². The van der Waals surface area contributed by atoms with E-state index < -0.39 is 23.3 Å². The third-order valence-corrected chi connectivity index (χ3v) is 5.64. The van der Waals surface area contributed by atoms with Crippen molar-refractivity contribution in [1.82, 2.24) is 0 Å². The molecule has 0 bridgehead atoms. The standard InChI is InChI=1S/C16H14F4S2/c1-3-9-5-7-11(15(19)13(9)17)21-22-12-8-6-10(4-2)14(18)16(12)20/h5-8H,3-4H2,1-2H3. The minimum atomic E-state index is -0.956. The molecule has 0 aliphatic carbocycles. The second kappa shape index (κ2) is 7.42. The van der Waals surface area contributed by atoms with E-state index in [2.05, 4.69) is 0 Å². The molecular weight excluding hydrogens is 332 g/mol. The minimum absolute atomic E-state index is 0.0547. The van der Waals surface area contributed by atoms with Crippen LogP contribution in [-0.4, -0.2) is 0 Å². The molecule has 0 N–H and O–H groups in total. The first-order chi connectivity index (χ1) is 10.5. The van der Waals surface area contributed by atoms with Crippen LogP contribution in [0, 0.1) is 23.3 Å². The van der Waals surface area contributed by atoms with E-state index in [1.54, 1.807) is 13.8 Å². The number of halogens is 4. The summed E-state index contributed by atoms with van der Waals surface area (Å²) in [6.45, 7) is 3.46. The molecule has 2 aromatic carbocycles. The Morgan fingerprint density at radius 1 is 0.636 bits per heavy atom. The average Bonchev–Trinajstić information content (AvgIpc) is 2.52. The van der Waals surface area contributed by atoms with E-state index >= 15 is 0 Å². The lowest BCUT2D eigenvalue weighted by Gasteiger charge is -2.08. The quantitative estimate of drug-likeness (QED) is 0.469. The van der Waals surface area contributed by atoms with Crippen molar-refractivity contribution < 1.29 is 17.6 Å². The molecule has 22 heavy (non-hydrogen) atoms. The Kier molecular flexibility index (Phi) is 5.81. The van der Waals surface area contributed by atoms with Crippen LogP contribution in [0.3, 0.4) is 0 Å². The van der Waals surface area contributed by atoms with Crippen LogP contribution < -0.4 is 0 Å². The fraction of sp³-hybridized carbons (Fsp3) is 0.250. The highest BCUT2D eigenvalue weighted by atomic mass is 33.1. The Bertz CT molecular complexity index is 627. The molecule has 0 aromatic heterocycles. The molecule has 0 radical (unpaired) electrons. The Morgan fingerprint density at radius 3 is 1.32 bits per heavy atom. The number of hydrogen-bond donors (Lipinski definition) is 0. The summed E-state index contributed by atoms with van der Waals surface area (Å²) in [5.41, 5.74) is 0.577. The number of hydrogen-bond acceptors (Lipinski definition) is 2. The van der Waals surface area contributed by atoms with Crippen LogP contribution in [0.4, 0.5) is 17.6 Å². The van der Waals surface area contributed by atoms with Gasteiger partial charge < -0.3 is 0 Å². The van der Waals surface area contributed by atoms with E-state index in [-0.39, 0.29) is 20.9 Å². The molecule has 6 heteroatoms.